The third-order valence-electron chi connectivity index (χ3n) is 4.02. The molecule has 4 rings (SSSR count). The standard InChI is InChI=1S/C16H17N5/c1-10-8-12(13-4-2-3-5-14(13)18-10)9-21-15(11-6-7-11)16(17)19-20-21/h2-5,8,11H,6-7,9,17H2,1H3. The zero-order chi connectivity index (χ0) is 14.4. The third kappa shape index (κ3) is 2.14. The molecule has 0 saturated heterocycles. The average Bonchev–Trinajstić information content (AvgIpc) is 3.23. The van der Waals surface area contributed by atoms with E-state index in [-0.39, 0.29) is 0 Å². The maximum Gasteiger partial charge on any atom is 0.169 e. The monoisotopic (exact) mass is 279 g/mol. The molecular weight excluding hydrogens is 262 g/mol. The molecule has 5 heteroatoms. The van der Waals surface area contributed by atoms with Gasteiger partial charge in [-0.25, -0.2) is 4.68 Å². The van der Waals surface area contributed by atoms with Crippen molar-refractivity contribution in [1.82, 2.24) is 20.0 Å². The fraction of sp³-hybridized carbons (Fsp3) is 0.312. The van der Waals surface area contributed by atoms with E-state index < -0.39 is 0 Å². The van der Waals surface area contributed by atoms with Crippen molar-refractivity contribution in [1.29, 1.82) is 0 Å². The molecule has 1 aromatic carbocycles. The normalized spacial score (nSPS) is 14.7. The van der Waals surface area contributed by atoms with Crippen molar-refractivity contribution >= 4 is 16.7 Å². The summed E-state index contributed by atoms with van der Waals surface area (Å²) in [6, 6.07) is 10.3. The maximum atomic E-state index is 5.97. The molecule has 21 heavy (non-hydrogen) atoms. The molecule has 0 atom stereocenters. The van der Waals surface area contributed by atoms with Crippen molar-refractivity contribution in [2.75, 3.05) is 5.73 Å². The first-order chi connectivity index (χ1) is 10.2. The van der Waals surface area contributed by atoms with Crippen molar-refractivity contribution < 1.29 is 0 Å². The van der Waals surface area contributed by atoms with Crippen LogP contribution >= 0.6 is 0 Å². The van der Waals surface area contributed by atoms with E-state index in [1.165, 1.54) is 23.8 Å². The van der Waals surface area contributed by atoms with E-state index in [4.69, 9.17) is 5.73 Å². The lowest BCUT2D eigenvalue weighted by Crippen LogP contribution is -2.07. The molecule has 3 aromatic rings. The van der Waals surface area contributed by atoms with E-state index in [0.717, 1.165) is 16.9 Å². The van der Waals surface area contributed by atoms with Crippen molar-refractivity contribution in [3.8, 4) is 0 Å². The zero-order valence-electron chi connectivity index (χ0n) is 12.0. The van der Waals surface area contributed by atoms with Crippen LogP contribution in [0.3, 0.4) is 0 Å². The minimum atomic E-state index is 0.536. The molecule has 0 radical (unpaired) electrons. The Morgan fingerprint density at radius 2 is 2.10 bits per heavy atom. The number of nitrogens with zero attached hydrogens (tertiary/aromatic N) is 4. The minimum Gasteiger partial charge on any atom is -0.381 e. The molecule has 1 aliphatic carbocycles. The lowest BCUT2D eigenvalue weighted by Gasteiger charge is -2.10. The highest BCUT2D eigenvalue weighted by Gasteiger charge is 2.30. The van der Waals surface area contributed by atoms with E-state index >= 15 is 0 Å². The summed E-state index contributed by atoms with van der Waals surface area (Å²) in [5.41, 5.74) is 10.3. The molecular formula is C16H17N5. The Morgan fingerprint density at radius 1 is 1.29 bits per heavy atom. The molecule has 1 saturated carbocycles. The molecule has 1 aliphatic rings. The van der Waals surface area contributed by atoms with Crippen LogP contribution in [0.5, 0.6) is 0 Å². The van der Waals surface area contributed by atoms with Gasteiger partial charge < -0.3 is 5.73 Å². The predicted molar refractivity (Wildman–Crippen MR) is 82.0 cm³/mol. The van der Waals surface area contributed by atoms with Gasteiger partial charge in [0.05, 0.1) is 17.8 Å². The van der Waals surface area contributed by atoms with E-state index in [1.54, 1.807) is 0 Å². The van der Waals surface area contributed by atoms with Gasteiger partial charge in [-0.2, -0.15) is 0 Å². The first-order valence-electron chi connectivity index (χ1n) is 7.26. The molecule has 0 unspecified atom stereocenters. The number of hydrogen-bond donors (Lipinski definition) is 1. The molecule has 0 bridgehead atoms. The van der Waals surface area contributed by atoms with Crippen LogP contribution in [0.15, 0.2) is 30.3 Å². The zero-order valence-corrected chi connectivity index (χ0v) is 12.0. The number of rotatable bonds is 3. The number of fused-ring (bicyclic) bond motifs is 1. The van der Waals surface area contributed by atoms with Crippen LogP contribution in [-0.2, 0) is 6.54 Å². The van der Waals surface area contributed by atoms with Gasteiger partial charge in [-0.05, 0) is 37.5 Å². The lowest BCUT2D eigenvalue weighted by molar-refractivity contribution is 0.621. The Kier molecular flexibility index (Phi) is 2.67. The molecule has 1 fully saturated rings. The van der Waals surface area contributed by atoms with Gasteiger partial charge in [0.1, 0.15) is 0 Å². The number of nitrogens with two attached hydrogens (primary N) is 1. The first kappa shape index (κ1) is 12.3. The van der Waals surface area contributed by atoms with Gasteiger partial charge in [-0.3, -0.25) is 4.98 Å². The van der Waals surface area contributed by atoms with Gasteiger partial charge in [-0.15, -0.1) is 5.10 Å². The van der Waals surface area contributed by atoms with Gasteiger partial charge in [-0.1, -0.05) is 23.4 Å². The van der Waals surface area contributed by atoms with Crippen molar-refractivity contribution in [2.24, 2.45) is 0 Å². The smallest absolute Gasteiger partial charge is 0.169 e. The molecule has 2 aromatic heterocycles. The summed E-state index contributed by atoms with van der Waals surface area (Å²) < 4.78 is 1.95. The maximum absolute atomic E-state index is 5.97. The van der Waals surface area contributed by atoms with Crippen LogP contribution in [0.4, 0.5) is 5.82 Å². The number of hydrogen-bond acceptors (Lipinski definition) is 4. The summed E-state index contributed by atoms with van der Waals surface area (Å²) in [6.07, 6.45) is 2.38. The van der Waals surface area contributed by atoms with Gasteiger partial charge in [0.25, 0.3) is 0 Å². The molecule has 2 N–H and O–H groups in total. The number of anilines is 1. The second kappa shape index (κ2) is 4.55. The van der Waals surface area contributed by atoms with E-state index in [0.29, 0.717) is 18.3 Å². The Hall–Kier alpha value is -2.43. The quantitative estimate of drug-likeness (QED) is 0.800. The van der Waals surface area contributed by atoms with Crippen molar-refractivity contribution in [3.05, 3.63) is 47.3 Å². The molecule has 5 nitrogen and oxygen atoms in total. The highest BCUT2D eigenvalue weighted by molar-refractivity contribution is 5.82. The van der Waals surface area contributed by atoms with Crippen molar-refractivity contribution in [3.63, 3.8) is 0 Å². The number of aryl methyl sites for hydroxylation is 1. The van der Waals surface area contributed by atoms with Crippen LogP contribution in [0.1, 0.15) is 35.7 Å². The Bertz CT molecular complexity index is 817. The highest BCUT2D eigenvalue weighted by atomic mass is 15.4. The minimum absolute atomic E-state index is 0.536. The van der Waals surface area contributed by atoms with E-state index in [1.807, 2.05) is 29.8 Å². The van der Waals surface area contributed by atoms with Gasteiger partial charge >= 0.3 is 0 Å². The number of benzene rings is 1. The van der Waals surface area contributed by atoms with Crippen LogP contribution in [-0.4, -0.2) is 20.0 Å². The van der Waals surface area contributed by atoms with E-state index in [2.05, 4.69) is 27.4 Å². The highest BCUT2D eigenvalue weighted by Crippen LogP contribution is 2.42. The van der Waals surface area contributed by atoms with Crippen LogP contribution < -0.4 is 5.73 Å². The summed E-state index contributed by atoms with van der Waals surface area (Å²) in [6.45, 7) is 2.72. The molecule has 0 spiro atoms. The number of pyridine rings is 1. The lowest BCUT2D eigenvalue weighted by atomic mass is 10.1. The topological polar surface area (TPSA) is 69.6 Å². The summed E-state index contributed by atoms with van der Waals surface area (Å²) in [7, 11) is 0. The fourth-order valence-corrected chi connectivity index (χ4v) is 2.91. The van der Waals surface area contributed by atoms with Crippen LogP contribution in [0.25, 0.3) is 10.9 Å². The van der Waals surface area contributed by atoms with Crippen molar-refractivity contribution in [2.45, 2.75) is 32.2 Å². The molecule has 106 valence electrons. The number of nitrogen functional groups attached to an aromatic ring is 1. The fourth-order valence-electron chi connectivity index (χ4n) is 2.91. The summed E-state index contributed by atoms with van der Waals surface area (Å²) >= 11 is 0. The summed E-state index contributed by atoms with van der Waals surface area (Å²) in [5.74, 6) is 1.11. The SMILES string of the molecule is Cc1cc(Cn2nnc(N)c2C2CC2)c2ccccc2n1. The summed E-state index contributed by atoms with van der Waals surface area (Å²) in [5, 5.41) is 9.45. The van der Waals surface area contributed by atoms with Gasteiger partial charge in [0.15, 0.2) is 5.82 Å². The molecule has 2 heterocycles. The predicted octanol–water partition coefficient (Wildman–Crippen LogP) is 2.64. The van der Waals surface area contributed by atoms with Crippen LogP contribution in [0, 0.1) is 6.92 Å². The first-order valence-corrected chi connectivity index (χ1v) is 7.26. The van der Waals surface area contributed by atoms with Gasteiger partial charge in [0, 0.05) is 17.0 Å². The molecule has 0 amide bonds. The molecule has 0 aliphatic heterocycles. The average molecular weight is 279 g/mol. The third-order valence-corrected chi connectivity index (χ3v) is 4.02. The number of para-hydroxylation sites is 1. The second-order valence-corrected chi connectivity index (χ2v) is 5.73. The second-order valence-electron chi connectivity index (χ2n) is 5.73. The summed E-state index contributed by atoms with van der Waals surface area (Å²) in [4.78, 5) is 4.58. The Balaban J connectivity index is 1.81. The van der Waals surface area contributed by atoms with Crippen LogP contribution in [0.2, 0.25) is 0 Å². The Labute approximate surface area is 122 Å². The van der Waals surface area contributed by atoms with Gasteiger partial charge in [0.2, 0.25) is 0 Å². The number of aromatic nitrogens is 4. The largest absolute Gasteiger partial charge is 0.381 e. The Morgan fingerprint density at radius 3 is 2.90 bits per heavy atom. The van der Waals surface area contributed by atoms with E-state index in [9.17, 15) is 0 Å².